The Morgan fingerprint density at radius 3 is 2.56 bits per heavy atom. The fraction of sp³-hybridized carbons (Fsp3) is 0.615. The number of carbonyl (C=O) groups excluding carboxylic acids is 1. The minimum atomic E-state index is -0.272. The molecule has 1 atom stereocenters. The minimum Gasteiger partial charge on any atom is -0.393 e. The standard InChI is InChI=1S/C13H19BrN2O2/c1-9(17)10-3-5-16(6-4-10)13(18)12-7-11(14)8-15(12)2/h7-10,17H,3-6H2,1-2H3/t9-/m0/s1. The van der Waals surface area contributed by atoms with Crippen LogP contribution in [0.5, 0.6) is 0 Å². The van der Waals surface area contributed by atoms with E-state index in [1.54, 1.807) is 0 Å². The summed E-state index contributed by atoms with van der Waals surface area (Å²) >= 11 is 3.38. The van der Waals surface area contributed by atoms with E-state index in [1.807, 2.05) is 35.7 Å². The van der Waals surface area contributed by atoms with E-state index in [9.17, 15) is 9.90 Å². The maximum atomic E-state index is 12.3. The van der Waals surface area contributed by atoms with E-state index in [1.165, 1.54) is 0 Å². The smallest absolute Gasteiger partial charge is 0.270 e. The molecule has 0 saturated carbocycles. The highest BCUT2D eigenvalue weighted by atomic mass is 79.9. The van der Waals surface area contributed by atoms with Crippen molar-refractivity contribution in [1.29, 1.82) is 0 Å². The van der Waals surface area contributed by atoms with Crippen molar-refractivity contribution >= 4 is 21.8 Å². The highest BCUT2D eigenvalue weighted by Crippen LogP contribution is 2.23. The summed E-state index contributed by atoms with van der Waals surface area (Å²) in [5.41, 5.74) is 0.706. The van der Waals surface area contributed by atoms with Crippen LogP contribution in [0.3, 0.4) is 0 Å². The molecule has 0 spiro atoms. The fourth-order valence-corrected chi connectivity index (χ4v) is 3.01. The van der Waals surface area contributed by atoms with Gasteiger partial charge in [0.1, 0.15) is 5.69 Å². The fourth-order valence-electron chi connectivity index (χ4n) is 2.48. The number of aliphatic hydroxyl groups is 1. The molecule has 1 saturated heterocycles. The third-order valence-electron chi connectivity index (χ3n) is 3.70. The molecular weight excluding hydrogens is 296 g/mol. The Labute approximate surface area is 116 Å². The number of hydrogen-bond donors (Lipinski definition) is 1. The average Bonchev–Trinajstić information content (AvgIpc) is 2.67. The van der Waals surface area contributed by atoms with Gasteiger partial charge in [0.05, 0.1) is 6.10 Å². The van der Waals surface area contributed by atoms with Gasteiger partial charge >= 0.3 is 0 Å². The lowest BCUT2D eigenvalue weighted by Gasteiger charge is -2.33. The van der Waals surface area contributed by atoms with Crippen molar-refractivity contribution in [3.8, 4) is 0 Å². The van der Waals surface area contributed by atoms with Crippen LogP contribution in [0.2, 0.25) is 0 Å². The van der Waals surface area contributed by atoms with Gasteiger partial charge in [0.15, 0.2) is 0 Å². The van der Waals surface area contributed by atoms with Gasteiger partial charge in [-0.2, -0.15) is 0 Å². The Balaban J connectivity index is 2.02. The summed E-state index contributed by atoms with van der Waals surface area (Å²) in [4.78, 5) is 14.2. The molecule has 2 heterocycles. The Hall–Kier alpha value is -0.810. The number of likely N-dealkylation sites (tertiary alicyclic amines) is 1. The normalized spacial score (nSPS) is 19.0. The maximum absolute atomic E-state index is 12.3. The number of carbonyl (C=O) groups is 1. The summed E-state index contributed by atoms with van der Waals surface area (Å²) in [7, 11) is 1.88. The number of aryl methyl sites for hydroxylation is 1. The van der Waals surface area contributed by atoms with Crippen molar-refractivity contribution in [2.24, 2.45) is 13.0 Å². The van der Waals surface area contributed by atoms with E-state index in [-0.39, 0.29) is 12.0 Å². The number of halogens is 1. The third kappa shape index (κ3) is 2.78. The molecule has 100 valence electrons. The lowest BCUT2D eigenvalue weighted by atomic mass is 9.92. The van der Waals surface area contributed by atoms with Gasteiger partial charge in [0.25, 0.3) is 5.91 Å². The Bertz CT molecular complexity index is 434. The molecule has 1 fully saturated rings. The van der Waals surface area contributed by atoms with Gasteiger partial charge in [-0.25, -0.2) is 0 Å². The molecule has 0 aliphatic carbocycles. The van der Waals surface area contributed by atoms with Crippen LogP contribution >= 0.6 is 15.9 Å². The first kappa shape index (κ1) is 13.6. The Morgan fingerprint density at radius 2 is 2.11 bits per heavy atom. The van der Waals surface area contributed by atoms with Gasteiger partial charge in [-0.1, -0.05) is 0 Å². The van der Waals surface area contributed by atoms with Gasteiger partial charge in [0.2, 0.25) is 0 Å². The molecule has 0 aromatic carbocycles. The zero-order chi connectivity index (χ0) is 13.3. The SMILES string of the molecule is C[C@H](O)C1CCN(C(=O)c2cc(Br)cn2C)CC1. The van der Waals surface area contributed by atoms with E-state index in [4.69, 9.17) is 0 Å². The van der Waals surface area contributed by atoms with Crippen LogP contribution in [0.25, 0.3) is 0 Å². The number of nitrogens with zero attached hydrogens (tertiary/aromatic N) is 2. The summed E-state index contributed by atoms with van der Waals surface area (Å²) in [6, 6.07) is 1.85. The molecule has 0 bridgehead atoms. The predicted octanol–water partition coefficient (Wildman–Crippen LogP) is 2.02. The summed E-state index contributed by atoms with van der Waals surface area (Å²) in [6.07, 6.45) is 3.38. The van der Waals surface area contributed by atoms with Gasteiger partial charge in [-0.05, 0) is 47.7 Å². The molecule has 1 aliphatic rings. The first-order valence-electron chi connectivity index (χ1n) is 6.28. The largest absolute Gasteiger partial charge is 0.393 e. The summed E-state index contributed by atoms with van der Waals surface area (Å²) < 4.78 is 2.76. The first-order chi connectivity index (χ1) is 8.49. The van der Waals surface area contributed by atoms with Gasteiger partial charge in [0, 0.05) is 30.8 Å². The van der Waals surface area contributed by atoms with Crippen molar-refractivity contribution in [3.05, 3.63) is 22.4 Å². The van der Waals surface area contributed by atoms with Crippen molar-refractivity contribution in [2.75, 3.05) is 13.1 Å². The zero-order valence-electron chi connectivity index (χ0n) is 10.8. The number of rotatable bonds is 2. The Kier molecular flexibility index (Phi) is 4.12. The van der Waals surface area contributed by atoms with Crippen LogP contribution < -0.4 is 0 Å². The minimum absolute atomic E-state index is 0.0762. The molecule has 1 amide bonds. The number of piperidine rings is 1. The monoisotopic (exact) mass is 314 g/mol. The maximum Gasteiger partial charge on any atom is 0.270 e. The van der Waals surface area contributed by atoms with E-state index in [2.05, 4.69) is 15.9 Å². The average molecular weight is 315 g/mol. The highest BCUT2D eigenvalue weighted by molar-refractivity contribution is 9.10. The first-order valence-corrected chi connectivity index (χ1v) is 7.07. The van der Waals surface area contributed by atoms with Crippen LogP contribution in [-0.4, -0.2) is 39.7 Å². The van der Waals surface area contributed by atoms with Gasteiger partial charge < -0.3 is 14.6 Å². The third-order valence-corrected chi connectivity index (χ3v) is 4.13. The van der Waals surface area contributed by atoms with Gasteiger partial charge in [-0.3, -0.25) is 4.79 Å². The van der Waals surface area contributed by atoms with Gasteiger partial charge in [-0.15, -0.1) is 0 Å². The van der Waals surface area contributed by atoms with Crippen molar-refractivity contribution in [3.63, 3.8) is 0 Å². The topological polar surface area (TPSA) is 45.5 Å². The quantitative estimate of drug-likeness (QED) is 0.907. The van der Waals surface area contributed by atoms with Crippen LogP contribution in [0, 0.1) is 5.92 Å². The molecule has 1 aromatic rings. The molecule has 1 aromatic heterocycles. The lowest BCUT2D eigenvalue weighted by molar-refractivity contribution is 0.0514. The molecule has 1 N–H and O–H groups in total. The van der Waals surface area contributed by atoms with Crippen molar-refractivity contribution in [1.82, 2.24) is 9.47 Å². The van der Waals surface area contributed by atoms with Crippen LogP contribution in [-0.2, 0) is 7.05 Å². The molecular formula is C13H19BrN2O2. The van der Waals surface area contributed by atoms with Crippen LogP contribution in [0.15, 0.2) is 16.7 Å². The summed E-state index contributed by atoms with van der Waals surface area (Å²) in [5.74, 6) is 0.404. The number of aliphatic hydroxyl groups excluding tert-OH is 1. The van der Waals surface area contributed by atoms with Crippen LogP contribution in [0.4, 0.5) is 0 Å². The number of hydrogen-bond acceptors (Lipinski definition) is 2. The molecule has 18 heavy (non-hydrogen) atoms. The van der Waals surface area contributed by atoms with E-state index in [0.717, 1.165) is 30.4 Å². The Morgan fingerprint density at radius 1 is 1.50 bits per heavy atom. The van der Waals surface area contributed by atoms with Crippen molar-refractivity contribution in [2.45, 2.75) is 25.9 Å². The second-order valence-electron chi connectivity index (χ2n) is 5.02. The molecule has 1 aliphatic heterocycles. The molecule has 2 rings (SSSR count). The molecule has 5 heteroatoms. The summed E-state index contributed by atoms with van der Waals surface area (Å²) in [6.45, 7) is 3.30. The molecule has 0 radical (unpaired) electrons. The van der Waals surface area contributed by atoms with Crippen LogP contribution in [0.1, 0.15) is 30.3 Å². The second-order valence-corrected chi connectivity index (χ2v) is 5.94. The van der Waals surface area contributed by atoms with Crippen molar-refractivity contribution < 1.29 is 9.90 Å². The highest BCUT2D eigenvalue weighted by Gasteiger charge is 2.27. The van der Waals surface area contributed by atoms with E-state index < -0.39 is 0 Å². The zero-order valence-corrected chi connectivity index (χ0v) is 12.4. The molecule has 4 nitrogen and oxygen atoms in total. The summed E-state index contributed by atoms with van der Waals surface area (Å²) in [5, 5.41) is 9.55. The number of amides is 1. The second kappa shape index (κ2) is 5.45. The molecule has 0 unspecified atom stereocenters. The van der Waals surface area contributed by atoms with E-state index in [0.29, 0.717) is 11.6 Å². The number of aromatic nitrogens is 1. The lowest BCUT2D eigenvalue weighted by Crippen LogP contribution is -2.41. The predicted molar refractivity (Wildman–Crippen MR) is 73.4 cm³/mol. The van der Waals surface area contributed by atoms with E-state index >= 15 is 0 Å².